The normalized spacial score (nSPS) is 13.1. The van der Waals surface area contributed by atoms with E-state index in [-0.39, 0.29) is 24.9 Å². The first kappa shape index (κ1) is 20.6. The maximum absolute atomic E-state index is 12.4. The van der Waals surface area contributed by atoms with Gasteiger partial charge in [-0.05, 0) is 37.3 Å². The van der Waals surface area contributed by atoms with Crippen LogP contribution in [0, 0.1) is 0 Å². The monoisotopic (exact) mass is 354 g/mol. The van der Waals surface area contributed by atoms with Crippen LogP contribution in [0.1, 0.15) is 51.7 Å². The van der Waals surface area contributed by atoms with Crippen LogP contribution in [0.25, 0.3) is 0 Å². The summed E-state index contributed by atoms with van der Waals surface area (Å²) in [7, 11) is -3.32. The molecular weight excluding hydrogens is 324 g/mol. The molecule has 1 aromatic carbocycles. The van der Waals surface area contributed by atoms with E-state index in [1.54, 1.807) is 0 Å². The van der Waals surface area contributed by atoms with Crippen molar-refractivity contribution in [2.45, 2.75) is 59.4 Å². The third-order valence-corrected chi connectivity index (χ3v) is 5.73. The van der Waals surface area contributed by atoms with E-state index in [2.05, 4.69) is 19.2 Å². The summed E-state index contributed by atoms with van der Waals surface area (Å²) in [5.74, 6) is -0.150. The van der Waals surface area contributed by atoms with Crippen LogP contribution in [0.4, 0.5) is 5.69 Å². The van der Waals surface area contributed by atoms with Gasteiger partial charge in [-0.3, -0.25) is 4.79 Å². The number of sulfonamides is 1. The lowest BCUT2D eigenvalue weighted by atomic mass is 10.0. The first-order chi connectivity index (χ1) is 11.2. The predicted molar refractivity (Wildman–Crippen MR) is 99.7 cm³/mol. The highest BCUT2D eigenvalue weighted by molar-refractivity contribution is 7.88. The molecule has 136 valence electrons. The van der Waals surface area contributed by atoms with Crippen molar-refractivity contribution in [3.8, 4) is 0 Å². The second-order valence-corrected chi connectivity index (χ2v) is 8.02. The summed E-state index contributed by atoms with van der Waals surface area (Å²) in [4.78, 5) is 12.4. The third kappa shape index (κ3) is 5.60. The van der Waals surface area contributed by atoms with Gasteiger partial charge in [0.25, 0.3) is 0 Å². The SMILES string of the molecule is CCc1cccc(CC)c1NC(=O)CCN(C(C)CC)S(C)(=O)=O. The lowest BCUT2D eigenvalue weighted by molar-refractivity contribution is -0.116. The van der Waals surface area contributed by atoms with E-state index in [1.807, 2.05) is 32.0 Å². The van der Waals surface area contributed by atoms with Crippen LogP contribution in [-0.2, 0) is 27.7 Å². The number of carbonyl (C=O) groups is 1. The summed E-state index contributed by atoms with van der Waals surface area (Å²) in [6.45, 7) is 8.11. The second-order valence-electron chi connectivity index (χ2n) is 6.09. The highest BCUT2D eigenvalue weighted by Crippen LogP contribution is 2.23. The largest absolute Gasteiger partial charge is 0.326 e. The van der Waals surface area contributed by atoms with E-state index in [4.69, 9.17) is 0 Å². The number of nitrogens with one attached hydrogen (secondary N) is 1. The number of benzene rings is 1. The van der Waals surface area contributed by atoms with Crippen molar-refractivity contribution in [3.63, 3.8) is 0 Å². The predicted octanol–water partition coefficient (Wildman–Crippen LogP) is 3.20. The first-order valence-corrected chi connectivity index (χ1v) is 10.5. The minimum atomic E-state index is -3.32. The van der Waals surface area contributed by atoms with Gasteiger partial charge < -0.3 is 5.32 Å². The lowest BCUT2D eigenvalue weighted by Gasteiger charge is -2.25. The molecule has 1 N–H and O–H groups in total. The van der Waals surface area contributed by atoms with Crippen LogP contribution in [-0.4, -0.2) is 37.5 Å². The Morgan fingerprint density at radius 3 is 2.12 bits per heavy atom. The Labute approximate surface area is 146 Å². The molecule has 0 bridgehead atoms. The minimum absolute atomic E-state index is 0.109. The van der Waals surface area contributed by atoms with Crippen LogP contribution in [0.3, 0.4) is 0 Å². The molecule has 0 aliphatic rings. The van der Waals surface area contributed by atoms with Crippen LogP contribution in [0.5, 0.6) is 0 Å². The van der Waals surface area contributed by atoms with Crippen LogP contribution in [0.15, 0.2) is 18.2 Å². The van der Waals surface area contributed by atoms with Crippen molar-refractivity contribution in [2.75, 3.05) is 18.1 Å². The maximum Gasteiger partial charge on any atom is 0.225 e. The molecule has 0 aliphatic carbocycles. The van der Waals surface area contributed by atoms with Crippen molar-refractivity contribution in [1.82, 2.24) is 4.31 Å². The average Bonchev–Trinajstić information content (AvgIpc) is 2.53. The fourth-order valence-corrected chi connectivity index (χ4v) is 3.96. The average molecular weight is 355 g/mol. The Bertz CT molecular complexity index is 634. The third-order valence-electron chi connectivity index (χ3n) is 4.33. The van der Waals surface area contributed by atoms with Gasteiger partial charge in [0.05, 0.1) is 6.26 Å². The quantitative estimate of drug-likeness (QED) is 0.740. The molecule has 1 rings (SSSR count). The molecule has 0 radical (unpaired) electrons. The van der Waals surface area contributed by atoms with Gasteiger partial charge in [0.1, 0.15) is 0 Å². The van der Waals surface area contributed by atoms with Crippen molar-refractivity contribution >= 4 is 21.6 Å². The molecule has 0 saturated carbocycles. The second kappa shape index (κ2) is 9.18. The summed E-state index contributed by atoms with van der Waals surface area (Å²) in [5, 5.41) is 2.98. The molecule has 0 heterocycles. The van der Waals surface area contributed by atoms with Crippen LogP contribution < -0.4 is 5.32 Å². The van der Waals surface area contributed by atoms with E-state index in [1.165, 1.54) is 10.6 Å². The smallest absolute Gasteiger partial charge is 0.225 e. The molecule has 0 saturated heterocycles. The van der Waals surface area contributed by atoms with Crippen molar-refractivity contribution in [1.29, 1.82) is 0 Å². The van der Waals surface area contributed by atoms with Gasteiger partial charge >= 0.3 is 0 Å². The molecule has 24 heavy (non-hydrogen) atoms. The van der Waals surface area contributed by atoms with Gasteiger partial charge in [0.15, 0.2) is 0 Å². The molecule has 0 aromatic heterocycles. The highest BCUT2D eigenvalue weighted by Gasteiger charge is 2.23. The molecule has 1 unspecified atom stereocenters. The summed E-state index contributed by atoms with van der Waals surface area (Å²) in [6.07, 6.45) is 3.74. The number of rotatable bonds is 9. The minimum Gasteiger partial charge on any atom is -0.326 e. The van der Waals surface area contributed by atoms with Crippen molar-refractivity contribution in [3.05, 3.63) is 29.3 Å². The summed E-state index contributed by atoms with van der Waals surface area (Å²) in [5.41, 5.74) is 3.08. The Hall–Kier alpha value is -1.40. The maximum atomic E-state index is 12.4. The Kier molecular flexibility index (Phi) is 7.90. The molecule has 0 aliphatic heterocycles. The van der Waals surface area contributed by atoms with E-state index >= 15 is 0 Å². The summed E-state index contributed by atoms with van der Waals surface area (Å²) >= 11 is 0. The molecular formula is C18H30N2O3S. The lowest BCUT2D eigenvalue weighted by Crippen LogP contribution is -2.39. The number of carbonyl (C=O) groups excluding carboxylic acids is 1. The zero-order chi connectivity index (χ0) is 18.3. The van der Waals surface area contributed by atoms with E-state index in [0.717, 1.165) is 29.7 Å². The molecule has 0 fully saturated rings. The van der Waals surface area contributed by atoms with Crippen molar-refractivity contribution < 1.29 is 13.2 Å². The Balaban J connectivity index is 2.83. The van der Waals surface area contributed by atoms with Crippen LogP contribution >= 0.6 is 0 Å². The van der Waals surface area contributed by atoms with Gasteiger partial charge in [-0.15, -0.1) is 0 Å². The number of anilines is 1. The van der Waals surface area contributed by atoms with Gasteiger partial charge in [-0.2, -0.15) is 4.31 Å². The summed E-state index contributed by atoms with van der Waals surface area (Å²) < 4.78 is 25.2. The number of hydrogen-bond donors (Lipinski definition) is 1. The number of nitrogens with zero attached hydrogens (tertiary/aromatic N) is 1. The molecule has 1 amide bonds. The number of hydrogen-bond acceptors (Lipinski definition) is 3. The van der Waals surface area contributed by atoms with E-state index < -0.39 is 10.0 Å². The molecule has 1 aromatic rings. The van der Waals surface area contributed by atoms with Gasteiger partial charge in [-0.25, -0.2) is 8.42 Å². The fraction of sp³-hybridized carbons (Fsp3) is 0.611. The van der Waals surface area contributed by atoms with E-state index in [0.29, 0.717) is 6.42 Å². The molecule has 5 nitrogen and oxygen atoms in total. The Morgan fingerprint density at radius 2 is 1.71 bits per heavy atom. The number of amides is 1. The molecule has 0 spiro atoms. The van der Waals surface area contributed by atoms with E-state index in [9.17, 15) is 13.2 Å². The van der Waals surface area contributed by atoms with Crippen LogP contribution in [0.2, 0.25) is 0 Å². The molecule has 6 heteroatoms. The van der Waals surface area contributed by atoms with Crippen molar-refractivity contribution in [2.24, 2.45) is 0 Å². The zero-order valence-electron chi connectivity index (χ0n) is 15.4. The number of aryl methyl sites for hydroxylation is 2. The van der Waals surface area contributed by atoms with Gasteiger partial charge in [-0.1, -0.05) is 39.0 Å². The fourth-order valence-electron chi connectivity index (χ4n) is 2.73. The Morgan fingerprint density at radius 1 is 1.17 bits per heavy atom. The number of para-hydroxylation sites is 1. The zero-order valence-corrected chi connectivity index (χ0v) is 16.2. The standard InChI is InChI=1S/C18H30N2O3S/c1-6-14(4)20(24(5,22)23)13-12-17(21)19-18-15(7-2)10-9-11-16(18)8-3/h9-11,14H,6-8,12-13H2,1-5H3,(H,19,21). The van der Waals surface area contributed by atoms with Gasteiger partial charge in [0.2, 0.25) is 15.9 Å². The summed E-state index contributed by atoms with van der Waals surface area (Å²) in [6, 6.07) is 5.91. The molecule has 1 atom stereocenters. The highest BCUT2D eigenvalue weighted by atomic mass is 32.2. The topological polar surface area (TPSA) is 66.5 Å². The van der Waals surface area contributed by atoms with Gasteiger partial charge in [0, 0.05) is 24.7 Å². The first-order valence-electron chi connectivity index (χ1n) is 8.61.